The summed E-state index contributed by atoms with van der Waals surface area (Å²) in [5.74, 6) is -0.510. The van der Waals surface area contributed by atoms with Crippen molar-refractivity contribution in [3.63, 3.8) is 0 Å². The molecule has 0 atom stereocenters. The van der Waals surface area contributed by atoms with Crippen molar-refractivity contribution in [2.45, 2.75) is 0 Å². The largest absolute Gasteiger partial charge is 0.378 e. The minimum absolute atomic E-state index is 0.212. The topological polar surface area (TPSA) is 64.3 Å². The van der Waals surface area contributed by atoms with E-state index in [0.717, 1.165) is 5.56 Å². The van der Waals surface area contributed by atoms with Crippen LogP contribution < -0.4 is 11.1 Å². The van der Waals surface area contributed by atoms with Gasteiger partial charge in [-0.2, -0.15) is 0 Å². The Morgan fingerprint density at radius 1 is 1.33 bits per heavy atom. The fraction of sp³-hybridized carbons (Fsp3) is 0.308. The van der Waals surface area contributed by atoms with Crippen LogP contribution in [0, 0.1) is 5.82 Å². The normalized spacial score (nSPS) is 10.8. The number of hydrogen-bond donors (Lipinski definition) is 2. The minimum atomic E-state index is -0.298. The Morgan fingerprint density at radius 2 is 2.06 bits per heavy atom. The first-order valence-electron chi connectivity index (χ1n) is 5.71. The van der Waals surface area contributed by atoms with E-state index >= 15 is 0 Å². The van der Waals surface area contributed by atoms with Gasteiger partial charge >= 0.3 is 0 Å². The van der Waals surface area contributed by atoms with Crippen LogP contribution in [-0.4, -0.2) is 32.2 Å². The molecular formula is C13H17FN2O2. The van der Waals surface area contributed by atoms with Gasteiger partial charge in [0, 0.05) is 19.2 Å². The number of amides is 1. The first-order chi connectivity index (χ1) is 8.72. The Balaban J connectivity index is 2.25. The van der Waals surface area contributed by atoms with Crippen molar-refractivity contribution in [1.29, 1.82) is 0 Å². The molecule has 0 aliphatic carbocycles. The maximum Gasteiger partial charge on any atom is 0.244 e. The van der Waals surface area contributed by atoms with Crippen molar-refractivity contribution >= 4 is 12.0 Å². The summed E-state index contributed by atoms with van der Waals surface area (Å²) in [5.41, 5.74) is 6.01. The molecule has 5 heteroatoms. The Morgan fingerprint density at radius 3 is 2.72 bits per heavy atom. The van der Waals surface area contributed by atoms with E-state index in [1.165, 1.54) is 18.2 Å². The minimum Gasteiger partial charge on any atom is -0.378 e. The van der Waals surface area contributed by atoms with Crippen LogP contribution in [0.25, 0.3) is 6.08 Å². The molecule has 0 spiro atoms. The first kappa shape index (κ1) is 14.3. The van der Waals surface area contributed by atoms with Gasteiger partial charge in [0.25, 0.3) is 0 Å². The Kier molecular flexibility index (Phi) is 6.68. The number of carbonyl (C=O) groups is 1. The molecule has 0 saturated carbocycles. The zero-order chi connectivity index (χ0) is 13.2. The van der Waals surface area contributed by atoms with Crippen LogP contribution in [0.2, 0.25) is 0 Å². The third kappa shape index (κ3) is 6.12. The molecule has 1 rings (SSSR count). The van der Waals surface area contributed by atoms with Crippen molar-refractivity contribution in [3.8, 4) is 0 Å². The first-order valence-corrected chi connectivity index (χ1v) is 5.71. The fourth-order valence-electron chi connectivity index (χ4n) is 1.24. The molecule has 0 saturated heterocycles. The second-order valence-electron chi connectivity index (χ2n) is 3.58. The molecule has 0 bridgehead atoms. The van der Waals surface area contributed by atoms with Crippen molar-refractivity contribution in [3.05, 3.63) is 41.7 Å². The Bertz CT molecular complexity index is 390. The summed E-state index contributed by atoms with van der Waals surface area (Å²) in [6.45, 7) is 1.83. The predicted molar refractivity (Wildman–Crippen MR) is 68.3 cm³/mol. The molecule has 1 amide bonds. The molecule has 4 nitrogen and oxygen atoms in total. The summed E-state index contributed by atoms with van der Waals surface area (Å²) >= 11 is 0. The number of nitrogens with two attached hydrogens (primary N) is 1. The molecule has 3 N–H and O–H groups in total. The molecule has 18 heavy (non-hydrogen) atoms. The highest BCUT2D eigenvalue weighted by Crippen LogP contribution is 2.04. The van der Waals surface area contributed by atoms with Gasteiger partial charge in [-0.05, 0) is 23.8 Å². The lowest BCUT2D eigenvalue weighted by Crippen LogP contribution is -2.26. The summed E-state index contributed by atoms with van der Waals surface area (Å²) in [6.07, 6.45) is 3.02. The molecule has 0 aromatic heterocycles. The maximum absolute atomic E-state index is 12.6. The standard InChI is InChI=1S/C13H17FN2O2/c14-12-4-1-11(2-5-12)3-6-13(17)16-8-10-18-9-7-15/h1-6H,7-10,15H2,(H,16,17)/b6-3+. The number of halogens is 1. The number of carbonyl (C=O) groups excluding carboxylic acids is 1. The molecular weight excluding hydrogens is 235 g/mol. The highest BCUT2D eigenvalue weighted by atomic mass is 19.1. The van der Waals surface area contributed by atoms with E-state index in [4.69, 9.17) is 10.5 Å². The SMILES string of the molecule is NCCOCCNC(=O)/C=C/c1ccc(F)cc1. The van der Waals surface area contributed by atoms with Crippen molar-refractivity contribution in [2.75, 3.05) is 26.3 Å². The van der Waals surface area contributed by atoms with Crippen LogP contribution >= 0.6 is 0 Å². The van der Waals surface area contributed by atoms with Gasteiger partial charge in [-0.3, -0.25) is 4.79 Å². The Hall–Kier alpha value is -1.72. The van der Waals surface area contributed by atoms with E-state index in [-0.39, 0.29) is 11.7 Å². The van der Waals surface area contributed by atoms with E-state index < -0.39 is 0 Å². The molecule has 1 aromatic carbocycles. The van der Waals surface area contributed by atoms with Crippen molar-refractivity contribution < 1.29 is 13.9 Å². The van der Waals surface area contributed by atoms with Gasteiger partial charge in [0.2, 0.25) is 5.91 Å². The van der Waals surface area contributed by atoms with Gasteiger partial charge in [0.15, 0.2) is 0 Å². The van der Waals surface area contributed by atoms with Crippen molar-refractivity contribution in [1.82, 2.24) is 5.32 Å². The maximum atomic E-state index is 12.6. The van der Waals surface area contributed by atoms with E-state index in [1.54, 1.807) is 18.2 Å². The lowest BCUT2D eigenvalue weighted by Gasteiger charge is -2.02. The third-order valence-electron chi connectivity index (χ3n) is 2.10. The molecule has 0 aliphatic rings. The summed E-state index contributed by atoms with van der Waals surface area (Å²) in [4.78, 5) is 11.4. The average molecular weight is 252 g/mol. The Labute approximate surface area is 106 Å². The summed E-state index contributed by atoms with van der Waals surface area (Å²) < 4.78 is 17.7. The van der Waals surface area contributed by atoms with Crippen LogP contribution in [0.4, 0.5) is 4.39 Å². The average Bonchev–Trinajstić information content (AvgIpc) is 2.38. The monoisotopic (exact) mass is 252 g/mol. The third-order valence-corrected chi connectivity index (χ3v) is 2.10. The molecule has 0 unspecified atom stereocenters. The summed E-state index contributed by atoms with van der Waals surface area (Å²) in [7, 11) is 0. The number of rotatable bonds is 7. The quantitative estimate of drug-likeness (QED) is 0.560. The smallest absolute Gasteiger partial charge is 0.244 e. The van der Waals surface area contributed by atoms with Crippen LogP contribution in [0.15, 0.2) is 30.3 Å². The summed E-state index contributed by atoms with van der Waals surface area (Å²) in [5, 5.41) is 2.66. The van der Waals surface area contributed by atoms with Gasteiger partial charge in [-0.1, -0.05) is 12.1 Å². The highest BCUT2D eigenvalue weighted by Gasteiger charge is 1.95. The zero-order valence-electron chi connectivity index (χ0n) is 10.1. The van der Waals surface area contributed by atoms with Crippen LogP contribution in [0.3, 0.4) is 0 Å². The van der Waals surface area contributed by atoms with Crippen LogP contribution in [-0.2, 0) is 9.53 Å². The van der Waals surface area contributed by atoms with E-state index in [1.807, 2.05) is 0 Å². The molecule has 0 fully saturated rings. The number of nitrogens with one attached hydrogen (secondary N) is 1. The number of hydrogen-bond acceptors (Lipinski definition) is 3. The van der Waals surface area contributed by atoms with Crippen molar-refractivity contribution in [2.24, 2.45) is 5.73 Å². The van der Waals surface area contributed by atoms with Crippen LogP contribution in [0.5, 0.6) is 0 Å². The molecule has 0 heterocycles. The molecule has 1 aromatic rings. The lowest BCUT2D eigenvalue weighted by atomic mass is 10.2. The zero-order valence-corrected chi connectivity index (χ0v) is 10.1. The van der Waals surface area contributed by atoms with Gasteiger partial charge in [-0.15, -0.1) is 0 Å². The molecule has 0 aliphatic heterocycles. The second kappa shape index (κ2) is 8.38. The number of benzene rings is 1. The van der Waals surface area contributed by atoms with Gasteiger partial charge in [0.05, 0.1) is 13.2 Å². The highest BCUT2D eigenvalue weighted by molar-refractivity contribution is 5.91. The fourth-order valence-corrected chi connectivity index (χ4v) is 1.24. The predicted octanol–water partition coefficient (Wildman–Crippen LogP) is 0.930. The van der Waals surface area contributed by atoms with E-state index in [2.05, 4.69) is 5.32 Å². The molecule has 98 valence electrons. The lowest BCUT2D eigenvalue weighted by molar-refractivity contribution is -0.116. The van der Waals surface area contributed by atoms with Gasteiger partial charge in [0.1, 0.15) is 5.82 Å². The summed E-state index contributed by atoms with van der Waals surface area (Å²) in [6, 6.07) is 5.89. The van der Waals surface area contributed by atoms with Crippen LogP contribution in [0.1, 0.15) is 5.56 Å². The van der Waals surface area contributed by atoms with Gasteiger partial charge < -0.3 is 15.8 Å². The molecule has 0 radical (unpaired) electrons. The second-order valence-corrected chi connectivity index (χ2v) is 3.58. The van der Waals surface area contributed by atoms with Gasteiger partial charge in [-0.25, -0.2) is 4.39 Å². The van der Waals surface area contributed by atoms with E-state index in [0.29, 0.717) is 26.3 Å². The number of ether oxygens (including phenoxy) is 1. The van der Waals surface area contributed by atoms with E-state index in [9.17, 15) is 9.18 Å².